The minimum Gasteiger partial charge on any atom is -0.481 e. The van der Waals surface area contributed by atoms with Crippen LogP contribution < -0.4 is 14.2 Å². The number of alkyl halides is 1. The number of likely N-dealkylation sites (tertiary alicyclic amines) is 1. The topological polar surface area (TPSA) is 116 Å². The lowest BCUT2D eigenvalue weighted by molar-refractivity contribution is -0.144. The molecule has 11 nitrogen and oxygen atoms in total. The molecule has 0 spiro atoms. The number of aliphatic carboxylic acids is 1. The molecule has 2 aromatic rings. The molecule has 0 bridgehead atoms. The number of halogens is 1. The van der Waals surface area contributed by atoms with E-state index >= 15 is 0 Å². The number of ether oxygens (including phenoxy) is 5. The summed E-state index contributed by atoms with van der Waals surface area (Å²) in [5, 5.41) is 9.78. The third-order valence-corrected chi connectivity index (χ3v) is 9.59. The van der Waals surface area contributed by atoms with Gasteiger partial charge in [0.1, 0.15) is 23.1 Å². The molecule has 12 heteroatoms. The molecule has 1 aromatic heterocycles. The van der Waals surface area contributed by atoms with Crippen molar-refractivity contribution in [3.63, 3.8) is 0 Å². The first kappa shape index (κ1) is 34.1. The maximum Gasteiger partial charge on any atom is 0.323 e. The highest BCUT2D eigenvalue weighted by Crippen LogP contribution is 2.47. The molecule has 1 N–H and O–H groups in total. The summed E-state index contributed by atoms with van der Waals surface area (Å²) in [5.74, 6) is -0.327. The van der Waals surface area contributed by atoms with E-state index in [0.29, 0.717) is 25.1 Å². The van der Waals surface area contributed by atoms with Crippen LogP contribution in [0.1, 0.15) is 43.7 Å². The van der Waals surface area contributed by atoms with Crippen molar-refractivity contribution >= 4 is 23.1 Å². The molecule has 2 aliphatic heterocycles. The van der Waals surface area contributed by atoms with Crippen molar-refractivity contribution in [3.05, 3.63) is 59.7 Å². The molecule has 1 aliphatic carbocycles. The zero-order valence-electron chi connectivity index (χ0n) is 27.0. The van der Waals surface area contributed by atoms with Gasteiger partial charge >= 0.3 is 12.0 Å². The quantitative estimate of drug-likeness (QED) is 0.230. The van der Waals surface area contributed by atoms with Gasteiger partial charge in [0, 0.05) is 32.8 Å². The molecular formula is C34H45ClN4O7. The van der Waals surface area contributed by atoms with Gasteiger partial charge in [-0.2, -0.15) is 9.97 Å². The fourth-order valence-electron chi connectivity index (χ4n) is 6.40. The van der Waals surface area contributed by atoms with Gasteiger partial charge in [0.2, 0.25) is 11.8 Å². The smallest absolute Gasteiger partial charge is 0.323 e. The number of rotatable bonds is 14. The summed E-state index contributed by atoms with van der Waals surface area (Å²) in [6.45, 7) is 7.55. The zero-order chi connectivity index (χ0) is 32.6. The Morgan fingerprint density at radius 3 is 2.48 bits per heavy atom. The van der Waals surface area contributed by atoms with Crippen LogP contribution in [-0.2, 0) is 20.8 Å². The Morgan fingerprint density at radius 2 is 1.80 bits per heavy atom. The molecule has 3 atom stereocenters. The molecule has 5 rings (SSSR count). The van der Waals surface area contributed by atoms with Crippen LogP contribution in [0.15, 0.2) is 48.6 Å². The van der Waals surface area contributed by atoms with Gasteiger partial charge in [-0.3, -0.25) is 14.6 Å². The van der Waals surface area contributed by atoms with Crippen LogP contribution in [0.2, 0.25) is 0 Å². The molecule has 2 unspecified atom stereocenters. The van der Waals surface area contributed by atoms with Gasteiger partial charge in [0.15, 0.2) is 0 Å². The summed E-state index contributed by atoms with van der Waals surface area (Å²) in [4.78, 5) is 24.3. The number of morpholine rings is 1. The summed E-state index contributed by atoms with van der Waals surface area (Å²) in [6, 6.07) is 9.46. The zero-order valence-corrected chi connectivity index (χ0v) is 27.7. The van der Waals surface area contributed by atoms with E-state index in [9.17, 15) is 9.90 Å². The molecule has 3 heterocycles. The van der Waals surface area contributed by atoms with Crippen LogP contribution in [-0.4, -0.2) is 114 Å². The van der Waals surface area contributed by atoms with E-state index in [1.807, 2.05) is 60.4 Å². The lowest BCUT2D eigenvalue weighted by Crippen LogP contribution is -2.55. The Hall–Kier alpha value is -3.22. The summed E-state index contributed by atoms with van der Waals surface area (Å²) >= 11 is 7.48. The second kappa shape index (κ2) is 15.6. The Morgan fingerprint density at radius 1 is 1.09 bits per heavy atom. The Balaban J connectivity index is 1.38. The third kappa shape index (κ3) is 7.66. The number of carboxylic acid groups (broad SMARTS) is 1. The first-order valence-electron chi connectivity index (χ1n) is 15.9. The second-order valence-corrected chi connectivity index (χ2v) is 12.7. The normalized spacial score (nSPS) is 25.6. The van der Waals surface area contributed by atoms with Gasteiger partial charge in [-0.05, 0) is 49.9 Å². The van der Waals surface area contributed by atoms with Crippen molar-refractivity contribution in [2.45, 2.75) is 55.7 Å². The van der Waals surface area contributed by atoms with Gasteiger partial charge in [0.25, 0.3) is 0 Å². The van der Waals surface area contributed by atoms with Crippen molar-refractivity contribution in [1.82, 2.24) is 19.8 Å². The van der Waals surface area contributed by atoms with E-state index in [0.717, 1.165) is 63.2 Å². The first-order valence-corrected chi connectivity index (χ1v) is 16.3. The van der Waals surface area contributed by atoms with Crippen molar-refractivity contribution in [1.29, 1.82) is 0 Å². The number of benzene rings is 1. The standard InChI is InChI=1S/C34H45ClN4O7/c1-33(35)27(25-11-5-4-6-12-25)13-9-15-34(33,46-20-10-16-38-18-21-44-22-19-38)24-45-32-36-29(42-2)26(30(37-32)43-3)23-39-17-8-7-14-28(39)31(40)41/h4-6,9,11-13,15,28H,7-8,10,14,16-24H2,1-3H3,(H,40,41)/t28-,33?,34?/m0/s1. The van der Waals surface area contributed by atoms with Gasteiger partial charge in [-0.1, -0.05) is 48.9 Å². The number of piperidine rings is 1. The van der Waals surface area contributed by atoms with E-state index < -0.39 is 22.5 Å². The molecule has 0 saturated carbocycles. The van der Waals surface area contributed by atoms with Gasteiger partial charge < -0.3 is 28.8 Å². The van der Waals surface area contributed by atoms with Crippen molar-refractivity contribution in [3.8, 4) is 17.8 Å². The lowest BCUT2D eigenvalue weighted by Gasteiger charge is -2.45. The molecule has 0 amide bonds. The lowest BCUT2D eigenvalue weighted by atomic mass is 9.76. The highest BCUT2D eigenvalue weighted by atomic mass is 35.5. The molecule has 46 heavy (non-hydrogen) atoms. The number of methoxy groups -OCH3 is 2. The maximum atomic E-state index is 11.9. The predicted molar refractivity (Wildman–Crippen MR) is 175 cm³/mol. The van der Waals surface area contributed by atoms with Crippen molar-refractivity contribution < 1.29 is 33.6 Å². The van der Waals surface area contributed by atoms with Crippen molar-refractivity contribution in [2.75, 3.05) is 66.8 Å². The number of aromatic nitrogens is 2. The monoisotopic (exact) mass is 656 g/mol. The van der Waals surface area contributed by atoms with Crippen LogP contribution in [0, 0.1) is 0 Å². The molecular weight excluding hydrogens is 612 g/mol. The highest BCUT2D eigenvalue weighted by Gasteiger charge is 2.51. The third-order valence-electron chi connectivity index (χ3n) is 9.07. The van der Waals surface area contributed by atoms with Crippen molar-refractivity contribution in [2.24, 2.45) is 0 Å². The fraction of sp³-hybridized carbons (Fsp3) is 0.559. The van der Waals surface area contributed by atoms with E-state index in [1.54, 1.807) is 0 Å². The van der Waals surface area contributed by atoms with Gasteiger partial charge in [-0.25, -0.2) is 0 Å². The van der Waals surface area contributed by atoms with Crippen LogP contribution in [0.25, 0.3) is 5.57 Å². The maximum absolute atomic E-state index is 11.9. The number of hydrogen-bond donors (Lipinski definition) is 1. The summed E-state index contributed by atoms with van der Waals surface area (Å²) < 4.78 is 29.8. The molecule has 0 radical (unpaired) electrons. The average molecular weight is 657 g/mol. The molecule has 1 aromatic carbocycles. The predicted octanol–water partition coefficient (Wildman–Crippen LogP) is 4.44. The van der Waals surface area contributed by atoms with E-state index in [-0.39, 0.29) is 30.9 Å². The minimum atomic E-state index is -1.06. The fourth-order valence-corrected chi connectivity index (χ4v) is 6.74. The Labute approximate surface area is 276 Å². The highest BCUT2D eigenvalue weighted by molar-refractivity contribution is 6.31. The number of allylic oxidation sites excluding steroid dienone is 2. The number of carboxylic acids is 1. The van der Waals surface area contributed by atoms with Crippen LogP contribution in [0.5, 0.6) is 17.8 Å². The summed E-state index contributed by atoms with van der Waals surface area (Å²) in [5.41, 5.74) is 1.40. The SMILES string of the molecule is COc1nc(OCC2(OCCCN3CCOCC3)C=CC=C(c3ccccc3)C2(C)Cl)nc(OC)c1CN1CCCC[C@H]1C(=O)O. The molecule has 2 saturated heterocycles. The Kier molecular flexibility index (Phi) is 11.6. The van der Waals surface area contributed by atoms with Crippen LogP contribution in [0.4, 0.5) is 0 Å². The van der Waals surface area contributed by atoms with E-state index in [4.69, 9.17) is 35.3 Å². The minimum absolute atomic E-state index is 0.0180. The molecule has 3 aliphatic rings. The van der Waals surface area contributed by atoms with E-state index in [2.05, 4.69) is 14.9 Å². The average Bonchev–Trinajstić information content (AvgIpc) is 3.07. The summed E-state index contributed by atoms with van der Waals surface area (Å²) in [6.07, 6.45) is 9.10. The largest absolute Gasteiger partial charge is 0.481 e. The number of hydrogen-bond acceptors (Lipinski definition) is 10. The number of nitrogens with zero attached hydrogens (tertiary/aromatic N) is 4. The second-order valence-electron chi connectivity index (χ2n) is 12.0. The van der Waals surface area contributed by atoms with Crippen LogP contribution >= 0.6 is 11.6 Å². The number of carbonyl (C=O) groups is 1. The van der Waals surface area contributed by atoms with Gasteiger partial charge in [0.05, 0.1) is 33.0 Å². The van der Waals surface area contributed by atoms with Gasteiger partial charge in [-0.15, -0.1) is 11.6 Å². The Bertz CT molecular complexity index is 1360. The molecule has 250 valence electrons. The van der Waals surface area contributed by atoms with Crippen LogP contribution in [0.3, 0.4) is 0 Å². The van der Waals surface area contributed by atoms with E-state index in [1.165, 1.54) is 14.2 Å². The molecule has 2 fully saturated rings. The summed E-state index contributed by atoms with van der Waals surface area (Å²) in [7, 11) is 3.02. The first-order chi connectivity index (χ1) is 22.3.